The van der Waals surface area contributed by atoms with E-state index in [9.17, 15) is 8.42 Å². The fourth-order valence-corrected chi connectivity index (χ4v) is 3.60. The van der Waals surface area contributed by atoms with E-state index in [2.05, 4.69) is 4.98 Å². The molecule has 2 heterocycles. The van der Waals surface area contributed by atoms with Gasteiger partial charge in [-0.05, 0) is 12.8 Å². The first kappa shape index (κ1) is 12.6. The summed E-state index contributed by atoms with van der Waals surface area (Å²) in [5.41, 5.74) is 0. The van der Waals surface area contributed by atoms with E-state index < -0.39 is 10.0 Å². The van der Waals surface area contributed by atoms with Gasteiger partial charge in [-0.15, -0.1) is 0 Å². The molecule has 1 saturated heterocycles. The van der Waals surface area contributed by atoms with E-state index in [4.69, 9.17) is 0 Å². The molecule has 0 amide bonds. The van der Waals surface area contributed by atoms with Gasteiger partial charge in [0, 0.05) is 26.3 Å². The van der Waals surface area contributed by atoms with Crippen molar-refractivity contribution in [3.63, 3.8) is 0 Å². The minimum Gasteiger partial charge on any atom is -0.339 e. The minimum atomic E-state index is -3.38. The quantitative estimate of drug-likeness (QED) is 0.804. The fraction of sp³-hybridized carbons (Fsp3) is 0.727. The van der Waals surface area contributed by atoms with E-state index in [0.717, 1.165) is 25.7 Å². The zero-order valence-corrected chi connectivity index (χ0v) is 11.0. The van der Waals surface area contributed by atoms with E-state index in [-0.39, 0.29) is 5.03 Å². The van der Waals surface area contributed by atoms with Crippen LogP contribution >= 0.6 is 0 Å². The van der Waals surface area contributed by atoms with Crippen molar-refractivity contribution in [1.29, 1.82) is 0 Å². The van der Waals surface area contributed by atoms with E-state index in [1.165, 1.54) is 12.7 Å². The lowest BCUT2D eigenvalue weighted by molar-refractivity contribution is 0.363. The standard InChI is InChI=1S/C11H19N3O2S/c1-13-9-11(12-10-13)17(15,16)14-7-5-3-2-4-6-8-14/h9-10H,2-8H2,1H3. The van der Waals surface area contributed by atoms with Gasteiger partial charge in [0.25, 0.3) is 10.0 Å². The van der Waals surface area contributed by atoms with E-state index >= 15 is 0 Å². The highest BCUT2D eigenvalue weighted by atomic mass is 32.2. The van der Waals surface area contributed by atoms with Crippen molar-refractivity contribution in [3.8, 4) is 0 Å². The predicted molar refractivity (Wildman–Crippen MR) is 65.1 cm³/mol. The third kappa shape index (κ3) is 2.87. The zero-order valence-electron chi connectivity index (χ0n) is 10.2. The van der Waals surface area contributed by atoms with Crippen LogP contribution in [0.15, 0.2) is 17.6 Å². The van der Waals surface area contributed by atoms with Crippen LogP contribution in [0, 0.1) is 0 Å². The highest BCUT2D eigenvalue weighted by Crippen LogP contribution is 2.18. The lowest BCUT2D eigenvalue weighted by Gasteiger charge is -2.22. The Balaban J connectivity index is 2.18. The maximum Gasteiger partial charge on any atom is 0.262 e. The number of nitrogens with zero attached hydrogens (tertiary/aromatic N) is 3. The summed E-state index contributed by atoms with van der Waals surface area (Å²) < 4.78 is 27.9. The molecule has 96 valence electrons. The Morgan fingerprint density at radius 1 is 1.12 bits per heavy atom. The smallest absolute Gasteiger partial charge is 0.262 e. The van der Waals surface area contributed by atoms with Gasteiger partial charge in [0.15, 0.2) is 5.03 Å². The van der Waals surface area contributed by atoms with Crippen molar-refractivity contribution in [2.45, 2.75) is 37.1 Å². The van der Waals surface area contributed by atoms with Gasteiger partial charge in [-0.2, -0.15) is 4.31 Å². The molecule has 17 heavy (non-hydrogen) atoms. The second-order valence-electron chi connectivity index (χ2n) is 4.55. The minimum absolute atomic E-state index is 0.167. The Kier molecular flexibility index (Phi) is 3.83. The van der Waals surface area contributed by atoms with Crippen LogP contribution in [0.4, 0.5) is 0 Å². The molecule has 1 aromatic rings. The molecule has 0 radical (unpaired) electrons. The van der Waals surface area contributed by atoms with Crippen LogP contribution in [0.25, 0.3) is 0 Å². The van der Waals surface area contributed by atoms with Crippen LogP contribution in [-0.4, -0.2) is 35.4 Å². The summed E-state index contributed by atoms with van der Waals surface area (Å²) in [5, 5.41) is 0.167. The molecule has 1 fully saturated rings. The van der Waals surface area contributed by atoms with E-state index in [1.54, 1.807) is 22.1 Å². The summed E-state index contributed by atoms with van der Waals surface area (Å²) in [5.74, 6) is 0. The average Bonchev–Trinajstić information content (AvgIpc) is 2.64. The number of hydrogen-bond donors (Lipinski definition) is 0. The molecule has 2 rings (SSSR count). The lowest BCUT2D eigenvalue weighted by atomic mass is 10.1. The largest absolute Gasteiger partial charge is 0.339 e. The van der Waals surface area contributed by atoms with Crippen molar-refractivity contribution in [3.05, 3.63) is 12.5 Å². The van der Waals surface area contributed by atoms with Gasteiger partial charge < -0.3 is 4.57 Å². The van der Waals surface area contributed by atoms with Crippen molar-refractivity contribution in [2.24, 2.45) is 7.05 Å². The first-order valence-corrected chi connectivity index (χ1v) is 7.53. The molecule has 0 bridgehead atoms. The molecule has 0 saturated carbocycles. The molecule has 0 aromatic carbocycles. The Hall–Kier alpha value is -0.880. The molecule has 0 aliphatic carbocycles. The molecular weight excluding hydrogens is 238 g/mol. The Morgan fingerprint density at radius 3 is 2.24 bits per heavy atom. The van der Waals surface area contributed by atoms with Crippen LogP contribution in [0.3, 0.4) is 0 Å². The molecular formula is C11H19N3O2S. The first-order valence-electron chi connectivity index (χ1n) is 6.09. The average molecular weight is 257 g/mol. The van der Waals surface area contributed by atoms with Crippen molar-refractivity contribution in [2.75, 3.05) is 13.1 Å². The number of imidazole rings is 1. The third-order valence-corrected chi connectivity index (χ3v) is 4.88. The highest BCUT2D eigenvalue weighted by Gasteiger charge is 2.26. The third-order valence-electron chi connectivity index (χ3n) is 3.10. The van der Waals surface area contributed by atoms with Gasteiger partial charge in [0.05, 0.1) is 6.33 Å². The summed E-state index contributed by atoms with van der Waals surface area (Å²) in [6.45, 7) is 1.25. The van der Waals surface area contributed by atoms with Gasteiger partial charge in [-0.3, -0.25) is 0 Å². The number of aromatic nitrogens is 2. The van der Waals surface area contributed by atoms with Crippen molar-refractivity contribution in [1.82, 2.24) is 13.9 Å². The molecule has 0 unspecified atom stereocenters. The van der Waals surface area contributed by atoms with Gasteiger partial charge in [-0.1, -0.05) is 19.3 Å². The van der Waals surface area contributed by atoms with Crippen LogP contribution in [0.1, 0.15) is 32.1 Å². The fourth-order valence-electron chi connectivity index (χ4n) is 2.11. The number of hydrogen-bond acceptors (Lipinski definition) is 3. The molecule has 0 N–H and O–H groups in total. The first-order chi connectivity index (χ1) is 8.10. The topological polar surface area (TPSA) is 55.2 Å². The Labute approximate surface area is 103 Å². The number of aryl methyl sites for hydroxylation is 1. The SMILES string of the molecule is Cn1cnc(S(=O)(=O)N2CCCCCCC2)c1. The van der Waals surface area contributed by atoms with Gasteiger partial charge >= 0.3 is 0 Å². The number of rotatable bonds is 2. The van der Waals surface area contributed by atoms with E-state index in [1.807, 2.05) is 0 Å². The van der Waals surface area contributed by atoms with Crippen LogP contribution in [0.5, 0.6) is 0 Å². The maximum absolute atomic E-state index is 12.3. The zero-order chi connectivity index (χ0) is 12.3. The van der Waals surface area contributed by atoms with Crippen molar-refractivity contribution < 1.29 is 8.42 Å². The molecule has 0 spiro atoms. The maximum atomic E-state index is 12.3. The predicted octanol–water partition coefficient (Wildman–Crippen LogP) is 1.37. The van der Waals surface area contributed by atoms with Gasteiger partial charge in [-0.25, -0.2) is 13.4 Å². The second kappa shape index (κ2) is 5.18. The van der Waals surface area contributed by atoms with Gasteiger partial charge in [0.2, 0.25) is 0 Å². The van der Waals surface area contributed by atoms with Crippen LogP contribution in [0.2, 0.25) is 0 Å². The summed E-state index contributed by atoms with van der Waals surface area (Å²) >= 11 is 0. The summed E-state index contributed by atoms with van der Waals surface area (Å²) in [6.07, 6.45) is 8.45. The summed E-state index contributed by atoms with van der Waals surface area (Å²) in [7, 11) is -1.60. The van der Waals surface area contributed by atoms with E-state index in [0.29, 0.717) is 13.1 Å². The molecule has 0 atom stereocenters. The molecule has 1 aliphatic heterocycles. The Bertz CT molecular complexity index is 459. The monoisotopic (exact) mass is 257 g/mol. The lowest BCUT2D eigenvalue weighted by Crippen LogP contribution is -2.34. The molecule has 6 heteroatoms. The summed E-state index contributed by atoms with van der Waals surface area (Å²) in [4.78, 5) is 3.95. The normalized spacial score (nSPS) is 19.8. The van der Waals surface area contributed by atoms with Crippen LogP contribution < -0.4 is 0 Å². The number of sulfonamides is 1. The van der Waals surface area contributed by atoms with Gasteiger partial charge in [0.1, 0.15) is 0 Å². The Morgan fingerprint density at radius 2 is 1.71 bits per heavy atom. The van der Waals surface area contributed by atoms with Crippen LogP contribution in [-0.2, 0) is 17.1 Å². The molecule has 1 aromatic heterocycles. The molecule has 1 aliphatic rings. The molecule has 5 nitrogen and oxygen atoms in total. The second-order valence-corrected chi connectivity index (χ2v) is 6.43. The summed E-state index contributed by atoms with van der Waals surface area (Å²) in [6, 6.07) is 0. The highest BCUT2D eigenvalue weighted by molar-refractivity contribution is 7.89. The van der Waals surface area contributed by atoms with Crippen molar-refractivity contribution >= 4 is 10.0 Å².